The first-order chi connectivity index (χ1) is 9.94. The fourth-order valence-electron chi connectivity index (χ4n) is 3.74. The van der Waals surface area contributed by atoms with Crippen LogP contribution in [0.15, 0.2) is 27.4 Å². The highest BCUT2D eigenvalue weighted by atomic mass is 16.4. The average Bonchev–Trinajstić information content (AvgIpc) is 2.95. The Balaban J connectivity index is 1.99. The van der Waals surface area contributed by atoms with Gasteiger partial charge in [-0.3, -0.25) is 4.57 Å². The zero-order chi connectivity index (χ0) is 15.2. The van der Waals surface area contributed by atoms with Gasteiger partial charge in [0, 0.05) is 6.54 Å². The van der Waals surface area contributed by atoms with Crippen LogP contribution in [0.5, 0.6) is 0 Å². The number of aliphatic hydroxyl groups excluding tert-OH is 1. The van der Waals surface area contributed by atoms with Crippen molar-refractivity contribution in [1.82, 2.24) is 4.57 Å². The number of aliphatic hydroxyl groups is 1. The smallest absolute Gasteiger partial charge is 0.408 e. The first kappa shape index (κ1) is 14.4. The first-order valence-corrected chi connectivity index (χ1v) is 7.75. The Kier molecular flexibility index (Phi) is 3.44. The second kappa shape index (κ2) is 5.02. The van der Waals surface area contributed by atoms with Crippen molar-refractivity contribution in [3.63, 3.8) is 0 Å². The van der Waals surface area contributed by atoms with Gasteiger partial charge in [0.05, 0.1) is 11.6 Å². The Morgan fingerprint density at radius 2 is 2.24 bits per heavy atom. The monoisotopic (exact) mass is 289 g/mol. The number of aromatic nitrogens is 1. The number of fused-ring (bicyclic) bond motifs is 1. The molecule has 1 aliphatic rings. The molecule has 1 saturated carbocycles. The predicted octanol–water partition coefficient (Wildman–Crippen LogP) is 3.47. The highest BCUT2D eigenvalue weighted by Gasteiger charge is 2.39. The number of rotatable bonds is 3. The summed E-state index contributed by atoms with van der Waals surface area (Å²) in [5, 5.41) is 10.7. The lowest BCUT2D eigenvalue weighted by Gasteiger charge is -2.31. The lowest BCUT2D eigenvalue weighted by molar-refractivity contribution is 0.0532. The molecule has 3 rings (SSSR count). The molecule has 4 nitrogen and oxygen atoms in total. The van der Waals surface area contributed by atoms with Crippen LogP contribution in [0.25, 0.3) is 11.1 Å². The summed E-state index contributed by atoms with van der Waals surface area (Å²) in [6, 6.07) is 5.62. The Hall–Kier alpha value is -1.55. The number of hydrogen-bond donors (Lipinski definition) is 1. The number of benzene rings is 1. The van der Waals surface area contributed by atoms with Gasteiger partial charge in [-0.25, -0.2) is 4.79 Å². The van der Waals surface area contributed by atoms with Crippen molar-refractivity contribution < 1.29 is 9.52 Å². The van der Waals surface area contributed by atoms with Crippen LogP contribution in [0, 0.1) is 11.3 Å². The van der Waals surface area contributed by atoms with Gasteiger partial charge in [-0.15, -0.1) is 0 Å². The molecule has 2 unspecified atom stereocenters. The van der Waals surface area contributed by atoms with E-state index in [0.29, 0.717) is 12.1 Å². The normalized spacial score (nSPS) is 22.8. The molecule has 0 saturated heterocycles. The van der Waals surface area contributed by atoms with E-state index in [1.807, 2.05) is 25.1 Å². The SMILES string of the molecule is CCn1c(=O)oc2cc(C(O)C3CCCC3(C)C)ccc21. The van der Waals surface area contributed by atoms with Gasteiger partial charge in [0.1, 0.15) is 0 Å². The van der Waals surface area contributed by atoms with Crippen LogP contribution in [0.2, 0.25) is 0 Å². The van der Waals surface area contributed by atoms with Crippen LogP contribution in [0.1, 0.15) is 51.7 Å². The Morgan fingerprint density at radius 3 is 2.86 bits per heavy atom. The molecule has 1 aromatic heterocycles. The third-order valence-electron chi connectivity index (χ3n) is 5.07. The van der Waals surface area contributed by atoms with Crippen molar-refractivity contribution >= 4 is 11.1 Å². The second-order valence-corrected chi connectivity index (χ2v) is 6.77. The zero-order valence-corrected chi connectivity index (χ0v) is 12.9. The second-order valence-electron chi connectivity index (χ2n) is 6.77. The summed E-state index contributed by atoms with van der Waals surface area (Å²) in [4.78, 5) is 11.7. The van der Waals surface area contributed by atoms with Crippen molar-refractivity contribution in [2.45, 2.75) is 52.7 Å². The minimum absolute atomic E-state index is 0.157. The molecule has 4 heteroatoms. The quantitative estimate of drug-likeness (QED) is 0.941. The van der Waals surface area contributed by atoms with Crippen LogP contribution < -0.4 is 5.76 Å². The summed E-state index contributed by atoms with van der Waals surface area (Å²) in [6.45, 7) is 6.95. The molecule has 1 fully saturated rings. The molecular weight excluding hydrogens is 266 g/mol. The van der Waals surface area contributed by atoms with E-state index in [1.165, 1.54) is 0 Å². The summed E-state index contributed by atoms with van der Waals surface area (Å²) in [5.41, 5.74) is 2.36. The van der Waals surface area contributed by atoms with E-state index in [4.69, 9.17) is 4.42 Å². The molecular formula is C17H23NO3. The molecule has 2 atom stereocenters. The predicted molar refractivity (Wildman–Crippen MR) is 82.2 cm³/mol. The zero-order valence-electron chi connectivity index (χ0n) is 12.9. The van der Waals surface area contributed by atoms with E-state index in [-0.39, 0.29) is 17.1 Å². The summed E-state index contributed by atoms with van der Waals surface area (Å²) < 4.78 is 6.89. The highest BCUT2D eigenvalue weighted by molar-refractivity contribution is 5.73. The van der Waals surface area contributed by atoms with Gasteiger partial charge in [-0.1, -0.05) is 26.3 Å². The maximum absolute atomic E-state index is 11.7. The number of aryl methyl sites for hydroxylation is 1. The number of nitrogens with zero attached hydrogens (tertiary/aromatic N) is 1. The van der Waals surface area contributed by atoms with Gasteiger partial charge in [-0.05, 0) is 48.8 Å². The van der Waals surface area contributed by atoms with Crippen molar-refractivity contribution in [2.24, 2.45) is 11.3 Å². The van der Waals surface area contributed by atoms with Crippen LogP contribution in [-0.2, 0) is 6.54 Å². The van der Waals surface area contributed by atoms with Gasteiger partial charge < -0.3 is 9.52 Å². The topological polar surface area (TPSA) is 55.4 Å². The summed E-state index contributed by atoms with van der Waals surface area (Å²) in [7, 11) is 0. The molecule has 114 valence electrons. The molecule has 21 heavy (non-hydrogen) atoms. The molecule has 0 spiro atoms. The fraction of sp³-hybridized carbons (Fsp3) is 0.588. The maximum atomic E-state index is 11.7. The molecule has 0 radical (unpaired) electrons. The van der Waals surface area contributed by atoms with E-state index in [0.717, 1.165) is 30.3 Å². The van der Waals surface area contributed by atoms with Crippen LogP contribution in [-0.4, -0.2) is 9.67 Å². The minimum atomic E-state index is -0.498. The minimum Gasteiger partial charge on any atom is -0.408 e. The van der Waals surface area contributed by atoms with E-state index < -0.39 is 6.10 Å². The van der Waals surface area contributed by atoms with Gasteiger partial charge >= 0.3 is 5.76 Å². The lowest BCUT2D eigenvalue weighted by Crippen LogP contribution is -2.24. The van der Waals surface area contributed by atoms with Crippen LogP contribution in [0.3, 0.4) is 0 Å². The molecule has 1 aromatic carbocycles. The van der Waals surface area contributed by atoms with E-state index in [1.54, 1.807) is 4.57 Å². The summed E-state index contributed by atoms with van der Waals surface area (Å²) >= 11 is 0. The van der Waals surface area contributed by atoms with E-state index in [2.05, 4.69) is 13.8 Å². The average molecular weight is 289 g/mol. The molecule has 1 heterocycles. The third kappa shape index (κ3) is 2.31. The summed E-state index contributed by atoms with van der Waals surface area (Å²) in [6.07, 6.45) is 2.87. The highest BCUT2D eigenvalue weighted by Crippen LogP contribution is 2.48. The van der Waals surface area contributed by atoms with Crippen molar-refractivity contribution in [3.05, 3.63) is 34.3 Å². The van der Waals surface area contributed by atoms with Crippen LogP contribution >= 0.6 is 0 Å². The maximum Gasteiger partial charge on any atom is 0.419 e. The van der Waals surface area contributed by atoms with Crippen molar-refractivity contribution in [2.75, 3.05) is 0 Å². The Bertz CT molecular complexity index is 710. The lowest BCUT2D eigenvalue weighted by atomic mass is 9.77. The van der Waals surface area contributed by atoms with Crippen molar-refractivity contribution in [1.29, 1.82) is 0 Å². The Morgan fingerprint density at radius 1 is 1.48 bits per heavy atom. The van der Waals surface area contributed by atoms with Crippen molar-refractivity contribution in [3.8, 4) is 0 Å². The third-order valence-corrected chi connectivity index (χ3v) is 5.07. The fourth-order valence-corrected chi connectivity index (χ4v) is 3.74. The number of oxazole rings is 1. The van der Waals surface area contributed by atoms with Crippen LogP contribution in [0.4, 0.5) is 0 Å². The molecule has 2 aromatic rings. The van der Waals surface area contributed by atoms with Gasteiger partial charge in [0.25, 0.3) is 0 Å². The Labute approximate surface area is 124 Å². The molecule has 0 aliphatic heterocycles. The van der Waals surface area contributed by atoms with Gasteiger partial charge in [0.2, 0.25) is 0 Å². The molecule has 0 amide bonds. The van der Waals surface area contributed by atoms with Gasteiger partial charge in [0.15, 0.2) is 5.58 Å². The van der Waals surface area contributed by atoms with Gasteiger partial charge in [-0.2, -0.15) is 0 Å². The molecule has 0 bridgehead atoms. The molecule has 1 N–H and O–H groups in total. The first-order valence-electron chi connectivity index (χ1n) is 7.75. The van der Waals surface area contributed by atoms with E-state index in [9.17, 15) is 9.90 Å². The summed E-state index contributed by atoms with van der Waals surface area (Å²) in [5.74, 6) is -0.0738. The largest absolute Gasteiger partial charge is 0.419 e. The standard InChI is InChI=1S/C17H23NO3/c1-4-18-13-8-7-11(10-14(13)21-16(18)20)15(19)12-6-5-9-17(12,2)3/h7-8,10,12,15,19H,4-6,9H2,1-3H3. The van der Waals surface area contributed by atoms with E-state index >= 15 is 0 Å². The number of hydrogen-bond acceptors (Lipinski definition) is 3. The molecule has 1 aliphatic carbocycles.